The number of aryl methyl sites for hydroxylation is 2. The van der Waals surface area contributed by atoms with Gasteiger partial charge in [0, 0.05) is 6.07 Å². The van der Waals surface area contributed by atoms with Gasteiger partial charge in [-0.25, -0.2) is 0 Å². The second kappa shape index (κ2) is 7.02. The lowest BCUT2D eigenvalue weighted by molar-refractivity contribution is -0.386. The van der Waals surface area contributed by atoms with Crippen LogP contribution < -0.4 is 10.2 Å². The van der Waals surface area contributed by atoms with E-state index < -0.39 is 17.2 Å². The molecule has 0 saturated carbocycles. The average Bonchev–Trinajstić information content (AvgIpc) is 2.34. The summed E-state index contributed by atoms with van der Waals surface area (Å²) in [6.45, 7) is 3.66. The van der Waals surface area contributed by atoms with Crippen LogP contribution in [0.3, 0.4) is 0 Å². The van der Waals surface area contributed by atoms with Crippen molar-refractivity contribution in [1.29, 1.82) is 0 Å². The average molecular weight is 348 g/mol. The molecule has 0 radical (unpaired) electrons. The summed E-state index contributed by atoms with van der Waals surface area (Å²) in [5, 5.41) is 11.2. The standard InChI is InChI=1S/C13H21N2O5PS/c1-5-13(4,20-21(14,18)22)8-19-12-10(3)6-9(2)7-11(12)15(16)17/h6-7H,5,8H2,1-4H3,(H3,14,18,22). The fourth-order valence-corrected chi connectivity index (χ4v) is 3.34. The SMILES string of the molecule is CCC(C)(COc1c(C)cc(C)cc1[N+](=O)[O-])OP(N)(O)=S. The highest BCUT2D eigenvalue weighted by molar-refractivity contribution is 8.08. The number of nitro benzene ring substituents is 1. The van der Waals surface area contributed by atoms with Gasteiger partial charge in [0.2, 0.25) is 0 Å². The Morgan fingerprint density at radius 1 is 1.50 bits per heavy atom. The van der Waals surface area contributed by atoms with E-state index in [9.17, 15) is 15.0 Å². The normalized spacial score (nSPS) is 16.6. The molecular weight excluding hydrogens is 327 g/mol. The minimum atomic E-state index is -3.36. The fourth-order valence-electron chi connectivity index (χ4n) is 1.99. The Bertz CT molecular complexity index is 619. The van der Waals surface area contributed by atoms with Crippen LogP contribution in [0.1, 0.15) is 31.4 Å². The third-order valence-corrected chi connectivity index (χ3v) is 4.14. The summed E-state index contributed by atoms with van der Waals surface area (Å²) in [5.74, 6) is 0.183. The highest BCUT2D eigenvalue weighted by Gasteiger charge is 2.31. The van der Waals surface area contributed by atoms with Crippen LogP contribution in [-0.2, 0) is 16.3 Å². The molecule has 0 aliphatic carbocycles. The second-order valence-corrected chi connectivity index (χ2v) is 8.32. The van der Waals surface area contributed by atoms with Crippen LogP contribution >= 0.6 is 6.64 Å². The Morgan fingerprint density at radius 3 is 2.55 bits per heavy atom. The lowest BCUT2D eigenvalue weighted by atomic mass is 10.1. The third-order valence-electron chi connectivity index (χ3n) is 3.22. The van der Waals surface area contributed by atoms with Gasteiger partial charge in [-0.15, -0.1) is 0 Å². The Morgan fingerprint density at radius 2 is 2.09 bits per heavy atom. The van der Waals surface area contributed by atoms with Gasteiger partial charge in [0.1, 0.15) is 12.2 Å². The largest absolute Gasteiger partial charge is 0.484 e. The molecule has 0 amide bonds. The van der Waals surface area contributed by atoms with Crippen molar-refractivity contribution < 1.29 is 19.1 Å². The molecule has 1 aromatic carbocycles. The summed E-state index contributed by atoms with van der Waals surface area (Å²) in [7, 11) is 0. The molecule has 0 heterocycles. The molecule has 0 fully saturated rings. The van der Waals surface area contributed by atoms with E-state index in [2.05, 4.69) is 0 Å². The van der Waals surface area contributed by atoms with E-state index in [1.807, 2.05) is 6.92 Å². The molecule has 9 heteroatoms. The minimum absolute atomic E-state index is 0.00953. The number of ether oxygens (including phenoxy) is 1. The number of nitrogens with zero attached hydrogens (tertiary/aromatic N) is 1. The number of benzene rings is 1. The van der Waals surface area contributed by atoms with E-state index >= 15 is 0 Å². The first-order valence-corrected chi connectivity index (χ1v) is 9.42. The number of rotatable bonds is 7. The summed E-state index contributed by atoms with van der Waals surface area (Å²) in [6, 6.07) is 3.25. The summed E-state index contributed by atoms with van der Waals surface area (Å²) >= 11 is 4.70. The Balaban J connectivity index is 3.05. The van der Waals surface area contributed by atoms with Crippen LogP contribution in [0.4, 0.5) is 5.69 Å². The molecule has 7 nitrogen and oxygen atoms in total. The molecule has 0 spiro atoms. The van der Waals surface area contributed by atoms with Crippen molar-refractivity contribution >= 4 is 24.1 Å². The van der Waals surface area contributed by atoms with E-state index in [1.54, 1.807) is 26.8 Å². The first-order valence-electron chi connectivity index (χ1n) is 6.68. The molecule has 0 aromatic heterocycles. The highest BCUT2D eigenvalue weighted by Crippen LogP contribution is 2.40. The first kappa shape index (κ1) is 19.0. The molecule has 22 heavy (non-hydrogen) atoms. The maximum atomic E-state index is 11.2. The Kier molecular flexibility index (Phi) is 6.06. The van der Waals surface area contributed by atoms with E-state index in [0.29, 0.717) is 12.0 Å². The van der Waals surface area contributed by atoms with Crippen LogP contribution in [-0.4, -0.2) is 22.0 Å². The zero-order valence-corrected chi connectivity index (χ0v) is 14.7. The molecule has 0 bridgehead atoms. The van der Waals surface area contributed by atoms with Crippen molar-refractivity contribution in [3.63, 3.8) is 0 Å². The van der Waals surface area contributed by atoms with Gasteiger partial charge in [0.05, 0.1) is 4.92 Å². The highest BCUT2D eigenvalue weighted by atomic mass is 32.5. The van der Waals surface area contributed by atoms with Gasteiger partial charge >= 0.3 is 5.69 Å². The molecule has 0 aliphatic rings. The van der Waals surface area contributed by atoms with Crippen molar-refractivity contribution in [3.05, 3.63) is 33.4 Å². The summed E-state index contributed by atoms with van der Waals surface area (Å²) in [4.78, 5) is 20.2. The van der Waals surface area contributed by atoms with Crippen LogP contribution in [0.25, 0.3) is 0 Å². The number of nitrogens with two attached hydrogens (primary N) is 1. The summed E-state index contributed by atoms with van der Waals surface area (Å²) in [5.41, 5.74) is 5.79. The van der Waals surface area contributed by atoms with Gasteiger partial charge in [0.15, 0.2) is 5.75 Å². The summed E-state index contributed by atoms with van der Waals surface area (Å²) in [6.07, 6.45) is 0.474. The van der Waals surface area contributed by atoms with Crippen LogP contribution in [0.5, 0.6) is 5.75 Å². The molecule has 1 aromatic rings. The lowest BCUT2D eigenvalue weighted by Crippen LogP contribution is -2.35. The zero-order valence-electron chi connectivity index (χ0n) is 13.0. The minimum Gasteiger partial charge on any atom is -0.484 e. The molecule has 3 N–H and O–H groups in total. The van der Waals surface area contributed by atoms with E-state index in [4.69, 9.17) is 26.6 Å². The molecule has 2 unspecified atom stereocenters. The van der Waals surface area contributed by atoms with Gasteiger partial charge in [-0.2, -0.15) is 0 Å². The van der Waals surface area contributed by atoms with Gasteiger partial charge < -0.3 is 14.2 Å². The number of hydrogen-bond acceptors (Lipinski definition) is 5. The van der Waals surface area contributed by atoms with Gasteiger partial charge in [0.25, 0.3) is 6.64 Å². The van der Waals surface area contributed by atoms with E-state index in [0.717, 1.165) is 5.56 Å². The van der Waals surface area contributed by atoms with E-state index in [-0.39, 0.29) is 18.0 Å². The van der Waals surface area contributed by atoms with Crippen LogP contribution in [0.15, 0.2) is 12.1 Å². The number of nitro groups is 1. The molecular formula is C13H21N2O5PS. The topological polar surface area (TPSA) is 108 Å². The van der Waals surface area contributed by atoms with Gasteiger partial charge in [-0.1, -0.05) is 13.0 Å². The van der Waals surface area contributed by atoms with Crippen LogP contribution in [0.2, 0.25) is 0 Å². The Hall–Kier alpha value is -1.05. The maximum absolute atomic E-state index is 11.2. The van der Waals surface area contributed by atoms with Crippen molar-refractivity contribution in [2.75, 3.05) is 6.61 Å². The van der Waals surface area contributed by atoms with Crippen molar-refractivity contribution in [1.82, 2.24) is 0 Å². The molecule has 124 valence electrons. The molecule has 2 atom stereocenters. The third kappa shape index (κ3) is 5.30. The zero-order chi connectivity index (χ0) is 17.1. The van der Waals surface area contributed by atoms with Crippen LogP contribution in [0, 0.1) is 24.0 Å². The smallest absolute Gasteiger partial charge is 0.311 e. The predicted molar refractivity (Wildman–Crippen MR) is 88.5 cm³/mol. The quantitative estimate of drug-likeness (QED) is 0.443. The van der Waals surface area contributed by atoms with Gasteiger partial charge in [-0.05, 0) is 50.1 Å². The number of hydrogen-bond donors (Lipinski definition) is 2. The molecule has 0 aliphatic heterocycles. The molecule has 0 saturated heterocycles. The van der Waals surface area contributed by atoms with Crippen molar-refractivity contribution in [2.45, 2.75) is 39.7 Å². The Labute approximate surface area is 134 Å². The van der Waals surface area contributed by atoms with Crippen molar-refractivity contribution in [3.8, 4) is 5.75 Å². The van der Waals surface area contributed by atoms with E-state index in [1.165, 1.54) is 6.07 Å². The lowest BCUT2D eigenvalue weighted by Gasteiger charge is -2.30. The maximum Gasteiger partial charge on any atom is 0.311 e. The fraction of sp³-hybridized carbons (Fsp3) is 0.538. The second-order valence-electron chi connectivity index (χ2n) is 5.43. The predicted octanol–water partition coefficient (Wildman–Crippen LogP) is 2.95. The monoisotopic (exact) mass is 348 g/mol. The first-order chi connectivity index (χ1) is 9.97. The summed E-state index contributed by atoms with van der Waals surface area (Å²) < 4.78 is 10.9. The van der Waals surface area contributed by atoms with Gasteiger partial charge in [-0.3, -0.25) is 15.6 Å². The molecule has 1 rings (SSSR count). The van der Waals surface area contributed by atoms with Crippen molar-refractivity contribution in [2.24, 2.45) is 5.50 Å².